The van der Waals surface area contributed by atoms with Crippen LogP contribution < -0.4 is 0 Å². The fourth-order valence-corrected chi connectivity index (χ4v) is 4.48. The normalized spacial score (nSPS) is 16.5. The standard InChI is InChI=1S/C34H29N3O3/c1-37-22-28(16-24-8-6-12-30(18-24)35-20-26-10-2-4-14-32(26)38)34(40)29(23-37)17-25-9-7-13-31(19-25)36-21-27-11-3-5-15-33(27)39/h2-21,38-39H,22-23H2,1H3. The maximum Gasteiger partial charge on any atom is 0.187 e. The van der Waals surface area contributed by atoms with Crippen LogP contribution in [0.25, 0.3) is 12.2 Å². The van der Waals surface area contributed by atoms with Crippen LogP contribution >= 0.6 is 0 Å². The molecule has 1 aliphatic rings. The molecule has 0 bridgehead atoms. The van der Waals surface area contributed by atoms with E-state index in [4.69, 9.17) is 0 Å². The fraction of sp³-hybridized carbons (Fsp3) is 0.0882. The Kier molecular flexibility index (Phi) is 8.09. The number of aromatic hydroxyl groups is 2. The Morgan fingerprint density at radius 2 is 1.10 bits per heavy atom. The number of benzene rings is 4. The lowest BCUT2D eigenvalue weighted by Gasteiger charge is -2.26. The number of Topliss-reactive ketones (excluding diaryl/α,β-unsaturated/α-hetero) is 1. The second kappa shape index (κ2) is 12.2. The van der Waals surface area contributed by atoms with Gasteiger partial charge in [0.1, 0.15) is 11.5 Å². The van der Waals surface area contributed by atoms with Gasteiger partial charge in [0.05, 0.1) is 11.4 Å². The third kappa shape index (κ3) is 6.67. The maximum atomic E-state index is 13.5. The van der Waals surface area contributed by atoms with Crippen LogP contribution in [-0.2, 0) is 4.79 Å². The van der Waals surface area contributed by atoms with Gasteiger partial charge in [-0.1, -0.05) is 48.5 Å². The van der Waals surface area contributed by atoms with E-state index in [1.807, 2.05) is 79.9 Å². The third-order valence-corrected chi connectivity index (χ3v) is 6.46. The lowest BCUT2D eigenvalue weighted by atomic mass is 9.94. The Balaban J connectivity index is 1.36. The Morgan fingerprint density at radius 1 is 0.650 bits per heavy atom. The highest BCUT2D eigenvalue weighted by molar-refractivity contribution is 6.14. The Labute approximate surface area is 233 Å². The topological polar surface area (TPSA) is 85.5 Å². The van der Waals surface area contributed by atoms with E-state index in [1.54, 1.807) is 48.8 Å². The summed E-state index contributed by atoms with van der Waals surface area (Å²) in [7, 11) is 1.99. The van der Waals surface area contributed by atoms with Crippen molar-refractivity contribution in [2.24, 2.45) is 9.98 Å². The summed E-state index contributed by atoms with van der Waals surface area (Å²) in [4.78, 5) is 24.6. The zero-order valence-electron chi connectivity index (χ0n) is 22.1. The number of ketones is 1. The molecule has 6 nitrogen and oxygen atoms in total. The first kappa shape index (κ1) is 26.5. The molecule has 1 saturated heterocycles. The van der Waals surface area contributed by atoms with Crippen LogP contribution in [-0.4, -0.2) is 53.5 Å². The van der Waals surface area contributed by atoms with E-state index in [1.165, 1.54) is 0 Å². The maximum absolute atomic E-state index is 13.5. The first-order chi connectivity index (χ1) is 19.4. The average Bonchev–Trinajstić information content (AvgIpc) is 2.95. The van der Waals surface area contributed by atoms with Gasteiger partial charge in [0.15, 0.2) is 5.78 Å². The molecule has 0 spiro atoms. The monoisotopic (exact) mass is 527 g/mol. The second-order valence-corrected chi connectivity index (χ2v) is 9.66. The van der Waals surface area contributed by atoms with Crippen molar-refractivity contribution >= 4 is 41.7 Å². The molecular formula is C34H29N3O3. The predicted octanol–water partition coefficient (Wildman–Crippen LogP) is 6.58. The SMILES string of the molecule is CN1CC(=Cc2cccc(N=Cc3ccccc3O)c2)C(=O)C(=Cc2cccc(N=Cc3ccccc3O)c2)C1. The number of rotatable bonds is 6. The first-order valence-corrected chi connectivity index (χ1v) is 12.9. The highest BCUT2D eigenvalue weighted by atomic mass is 16.3. The van der Waals surface area contributed by atoms with Crippen molar-refractivity contribution in [2.75, 3.05) is 20.1 Å². The fourth-order valence-electron chi connectivity index (χ4n) is 4.48. The summed E-state index contributed by atoms with van der Waals surface area (Å²) in [5.41, 5.74) is 5.90. The zero-order valence-corrected chi connectivity index (χ0v) is 22.1. The van der Waals surface area contributed by atoms with Crippen LogP contribution in [0.5, 0.6) is 11.5 Å². The molecule has 0 amide bonds. The number of likely N-dealkylation sites (N-methyl/N-ethyl adjacent to an activating group) is 1. The van der Waals surface area contributed by atoms with E-state index >= 15 is 0 Å². The highest BCUT2D eigenvalue weighted by Crippen LogP contribution is 2.25. The lowest BCUT2D eigenvalue weighted by Crippen LogP contribution is -2.34. The Morgan fingerprint density at radius 3 is 1.55 bits per heavy atom. The molecule has 0 radical (unpaired) electrons. The van der Waals surface area contributed by atoms with Gasteiger partial charge in [-0.2, -0.15) is 0 Å². The lowest BCUT2D eigenvalue weighted by molar-refractivity contribution is -0.113. The minimum atomic E-state index is 0.0179. The van der Waals surface area contributed by atoms with Crippen molar-refractivity contribution in [2.45, 2.75) is 0 Å². The molecule has 40 heavy (non-hydrogen) atoms. The summed E-state index contributed by atoms with van der Waals surface area (Å²) in [5, 5.41) is 20.0. The zero-order chi connectivity index (χ0) is 27.9. The van der Waals surface area contributed by atoms with Crippen LogP contribution in [0, 0.1) is 0 Å². The number of phenolic OH excluding ortho intramolecular Hbond substituents is 2. The summed E-state index contributed by atoms with van der Waals surface area (Å²) >= 11 is 0. The Hall–Kier alpha value is -5.07. The number of para-hydroxylation sites is 2. The van der Waals surface area contributed by atoms with Gasteiger partial charge in [-0.05, 0) is 78.9 Å². The summed E-state index contributed by atoms with van der Waals surface area (Å²) in [6, 6.07) is 29.4. The largest absolute Gasteiger partial charge is 0.507 e. The number of piperidine rings is 1. The Bertz CT molecular complexity index is 1550. The summed E-state index contributed by atoms with van der Waals surface area (Å²) in [6.07, 6.45) is 7.08. The molecule has 2 N–H and O–H groups in total. The molecule has 0 saturated carbocycles. The van der Waals surface area contributed by atoms with E-state index in [2.05, 4.69) is 14.9 Å². The average molecular weight is 528 g/mol. The molecule has 0 unspecified atom stereocenters. The highest BCUT2D eigenvalue weighted by Gasteiger charge is 2.24. The number of phenols is 2. The van der Waals surface area contributed by atoms with Crippen molar-refractivity contribution in [3.63, 3.8) is 0 Å². The van der Waals surface area contributed by atoms with Gasteiger partial charge in [0.2, 0.25) is 0 Å². The van der Waals surface area contributed by atoms with E-state index in [-0.39, 0.29) is 17.3 Å². The molecule has 1 fully saturated rings. The number of hydrogen-bond acceptors (Lipinski definition) is 6. The smallest absolute Gasteiger partial charge is 0.187 e. The van der Waals surface area contributed by atoms with Gasteiger partial charge in [-0.25, -0.2) is 0 Å². The molecule has 4 aromatic carbocycles. The number of carbonyl (C=O) groups is 1. The van der Waals surface area contributed by atoms with Gasteiger partial charge in [0.25, 0.3) is 0 Å². The quantitative estimate of drug-likeness (QED) is 0.219. The first-order valence-electron chi connectivity index (χ1n) is 12.9. The molecule has 1 aliphatic heterocycles. The number of likely N-dealkylation sites (tertiary alicyclic amines) is 1. The number of carbonyl (C=O) groups excluding carboxylic acids is 1. The minimum absolute atomic E-state index is 0.0179. The van der Waals surface area contributed by atoms with Gasteiger partial charge >= 0.3 is 0 Å². The molecule has 0 atom stereocenters. The van der Waals surface area contributed by atoms with Gasteiger partial charge in [-0.15, -0.1) is 0 Å². The number of hydrogen-bond donors (Lipinski definition) is 2. The molecule has 198 valence electrons. The van der Waals surface area contributed by atoms with Crippen molar-refractivity contribution in [3.8, 4) is 11.5 Å². The van der Waals surface area contributed by atoms with E-state index in [0.717, 1.165) is 22.5 Å². The van der Waals surface area contributed by atoms with Crippen LogP contribution in [0.1, 0.15) is 22.3 Å². The van der Waals surface area contributed by atoms with Crippen molar-refractivity contribution in [3.05, 3.63) is 130 Å². The van der Waals surface area contributed by atoms with Crippen LogP contribution in [0.15, 0.2) is 118 Å². The van der Waals surface area contributed by atoms with E-state index < -0.39 is 0 Å². The summed E-state index contributed by atoms with van der Waals surface area (Å²) in [6.45, 7) is 1.10. The molecule has 6 heteroatoms. The van der Waals surface area contributed by atoms with Crippen molar-refractivity contribution in [1.29, 1.82) is 0 Å². The van der Waals surface area contributed by atoms with Crippen molar-refractivity contribution < 1.29 is 15.0 Å². The van der Waals surface area contributed by atoms with Crippen LogP contribution in [0.2, 0.25) is 0 Å². The number of aliphatic imine (C=N–C) groups is 2. The molecule has 4 aromatic rings. The molecular weight excluding hydrogens is 498 g/mol. The van der Waals surface area contributed by atoms with E-state index in [0.29, 0.717) is 35.4 Å². The summed E-state index contributed by atoms with van der Waals surface area (Å²) in [5.74, 6) is 0.365. The number of nitrogens with zero attached hydrogens (tertiary/aromatic N) is 3. The van der Waals surface area contributed by atoms with Crippen LogP contribution in [0.3, 0.4) is 0 Å². The van der Waals surface area contributed by atoms with Gasteiger partial charge < -0.3 is 10.2 Å². The second-order valence-electron chi connectivity index (χ2n) is 9.66. The van der Waals surface area contributed by atoms with Crippen molar-refractivity contribution in [1.82, 2.24) is 4.90 Å². The molecule has 0 aliphatic carbocycles. The third-order valence-electron chi connectivity index (χ3n) is 6.46. The molecule has 1 heterocycles. The van der Waals surface area contributed by atoms with E-state index in [9.17, 15) is 15.0 Å². The van der Waals surface area contributed by atoms with Crippen LogP contribution in [0.4, 0.5) is 11.4 Å². The minimum Gasteiger partial charge on any atom is -0.507 e. The summed E-state index contributed by atoms with van der Waals surface area (Å²) < 4.78 is 0. The predicted molar refractivity (Wildman–Crippen MR) is 162 cm³/mol. The molecule has 0 aromatic heterocycles. The van der Waals surface area contributed by atoms with Gasteiger partial charge in [-0.3, -0.25) is 19.7 Å². The molecule has 5 rings (SSSR count). The van der Waals surface area contributed by atoms with Gasteiger partial charge in [0, 0.05) is 47.8 Å².